The van der Waals surface area contributed by atoms with E-state index in [9.17, 15) is 4.79 Å². The summed E-state index contributed by atoms with van der Waals surface area (Å²) in [5, 5.41) is 3.32. The number of rotatable bonds is 7. The SMILES string of the molecule is COCCOCCC(=O)N1CCNCC1c1nccn1C.Cl. The third kappa shape index (κ3) is 4.95. The van der Waals surface area contributed by atoms with Gasteiger partial charge in [0.2, 0.25) is 5.91 Å². The number of imidazole rings is 1. The predicted octanol–water partition coefficient (Wildman–Crippen LogP) is 0.368. The Hall–Kier alpha value is -1.15. The Labute approximate surface area is 137 Å². The molecule has 1 aliphatic heterocycles. The van der Waals surface area contributed by atoms with Crippen molar-refractivity contribution >= 4 is 18.3 Å². The van der Waals surface area contributed by atoms with Crippen molar-refractivity contribution in [3.63, 3.8) is 0 Å². The van der Waals surface area contributed by atoms with Crippen LogP contribution in [-0.2, 0) is 21.3 Å². The summed E-state index contributed by atoms with van der Waals surface area (Å²) < 4.78 is 12.2. The molecule has 0 bridgehead atoms. The van der Waals surface area contributed by atoms with Crippen LogP contribution in [0.1, 0.15) is 18.3 Å². The van der Waals surface area contributed by atoms with E-state index < -0.39 is 0 Å². The van der Waals surface area contributed by atoms with Crippen LogP contribution in [0.15, 0.2) is 12.4 Å². The van der Waals surface area contributed by atoms with Crippen LogP contribution in [0.5, 0.6) is 0 Å². The highest BCUT2D eigenvalue weighted by Gasteiger charge is 2.29. The lowest BCUT2D eigenvalue weighted by Crippen LogP contribution is -2.49. The Kier molecular flexibility index (Phi) is 8.40. The van der Waals surface area contributed by atoms with Gasteiger partial charge in [0.05, 0.1) is 26.2 Å². The lowest BCUT2D eigenvalue weighted by molar-refractivity contribution is -0.136. The molecule has 1 fully saturated rings. The van der Waals surface area contributed by atoms with Crippen LogP contribution in [0.25, 0.3) is 0 Å². The molecule has 2 heterocycles. The normalized spacial score (nSPS) is 18.1. The van der Waals surface area contributed by atoms with Crippen molar-refractivity contribution < 1.29 is 14.3 Å². The van der Waals surface area contributed by atoms with Crippen LogP contribution in [-0.4, -0.2) is 66.9 Å². The number of aromatic nitrogens is 2. The first-order valence-electron chi connectivity index (χ1n) is 7.28. The Morgan fingerprint density at radius 1 is 1.45 bits per heavy atom. The lowest BCUT2D eigenvalue weighted by Gasteiger charge is -2.35. The first-order chi connectivity index (χ1) is 10.2. The lowest BCUT2D eigenvalue weighted by atomic mass is 10.1. The molecular weight excluding hydrogens is 308 g/mol. The van der Waals surface area contributed by atoms with Gasteiger partial charge in [-0.3, -0.25) is 4.79 Å². The van der Waals surface area contributed by atoms with Crippen LogP contribution < -0.4 is 5.32 Å². The van der Waals surface area contributed by atoms with Gasteiger partial charge in [0.15, 0.2) is 0 Å². The van der Waals surface area contributed by atoms with Gasteiger partial charge < -0.3 is 24.3 Å². The van der Waals surface area contributed by atoms with Crippen LogP contribution >= 0.6 is 12.4 Å². The van der Waals surface area contributed by atoms with Gasteiger partial charge in [0.25, 0.3) is 0 Å². The van der Waals surface area contributed by atoms with Gasteiger partial charge in [-0.05, 0) is 0 Å². The van der Waals surface area contributed by atoms with Gasteiger partial charge in [0, 0.05) is 46.2 Å². The third-order valence-corrected chi connectivity index (χ3v) is 3.61. The molecule has 0 aliphatic carbocycles. The summed E-state index contributed by atoms with van der Waals surface area (Å²) in [6, 6.07) is -0.00905. The molecular formula is C14H25ClN4O3. The summed E-state index contributed by atoms with van der Waals surface area (Å²) in [4.78, 5) is 18.7. The van der Waals surface area contributed by atoms with Gasteiger partial charge in [-0.15, -0.1) is 12.4 Å². The summed E-state index contributed by atoms with van der Waals surface area (Å²) in [5.74, 6) is 1.03. The zero-order chi connectivity index (χ0) is 15.1. The molecule has 7 nitrogen and oxygen atoms in total. The molecule has 0 saturated carbocycles. The monoisotopic (exact) mass is 332 g/mol. The van der Waals surface area contributed by atoms with E-state index in [1.807, 2.05) is 22.7 Å². The zero-order valence-electron chi connectivity index (χ0n) is 13.2. The highest BCUT2D eigenvalue weighted by atomic mass is 35.5. The summed E-state index contributed by atoms with van der Waals surface area (Å²) in [5.41, 5.74) is 0. The minimum absolute atomic E-state index is 0. The molecule has 2 rings (SSSR count). The van der Waals surface area contributed by atoms with Crippen molar-refractivity contribution in [2.45, 2.75) is 12.5 Å². The Morgan fingerprint density at radius 3 is 2.95 bits per heavy atom. The van der Waals surface area contributed by atoms with Crippen molar-refractivity contribution in [3.05, 3.63) is 18.2 Å². The second-order valence-electron chi connectivity index (χ2n) is 5.06. The smallest absolute Gasteiger partial charge is 0.225 e. The van der Waals surface area contributed by atoms with Gasteiger partial charge in [-0.1, -0.05) is 0 Å². The minimum Gasteiger partial charge on any atom is -0.382 e. The number of nitrogens with one attached hydrogen (secondary N) is 1. The average Bonchev–Trinajstić information content (AvgIpc) is 2.93. The Morgan fingerprint density at radius 2 is 2.27 bits per heavy atom. The number of carbonyl (C=O) groups excluding carboxylic acids is 1. The molecule has 1 aromatic heterocycles. The first kappa shape index (κ1) is 18.9. The summed E-state index contributed by atoms with van der Waals surface area (Å²) in [7, 11) is 3.58. The van der Waals surface area contributed by atoms with Crippen LogP contribution in [0.4, 0.5) is 0 Å². The van der Waals surface area contributed by atoms with E-state index in [0.29, 0.717) is 32.8 Å². The standard InChI is InChI=1S/C14H24N4O3.ClH/c1-17-6-5-16-14(17)12-11-15-4-7-18(12)13(19)3-8-21-10-9-20-2;/h5-6,12,15H,3-4,7-11H2,1-2H3;1H. The van der Waals surface area contributed by atoms with Crippen molar-refractivity contribution in [1.82, 2.24) is 19.8 Å². The van der Waals surface area contributed by atoms with E-state index in [1.54, 1.807) is 13.3 Å². The predicted molar refractivity (Wildman–Crippen MR) is 85.1 cm³/mol. The fourth-order valence-electron chi connectivity index (χ4n) is 2.48. The van der Waals surface area contributed by atoms with Gasteiger partial charge in [0.1, 0.15) is 11.9 Å². The van der Waals surface area contributed by atoms with Gasteiger partial charge in [-0.2, -0.15) is 0 Å². The second kappa shape index (κ2) is 9.78. The summed E-state index contributed by atoms with van der Waals surface area (Å²) in [6.07, 6.45) is 4.06. The first-order valence-corrected chi connectivity index (χ1v) is 7.28. The van der Waals surface area contributed by atoms with Crippen molar-refractivity contribution in [3.8, 4) is 0 Å². The number of piperazine rings is 1. The molecule has 0 spiro atoms. The largest absolute Gasteiger partial charge is 0.382 e. The highest BCUT2D eigenvalue weighted by Crippen LogP contribution is 2.21. The van der Waals surface area contributed by atoms with Crippen molar-refractivity contribution in [2.24, 2.45) is 7.05 Å². The van der Waals surface area contributed by atoms with Gasteiger partial charge >= 0.3 is 0 Å². The molecule has 126 valence electrons. The second-order valence-corrected chi connectivity index (χ2v) is 5.06. The maximum absolute atomic E-state index is 12.4. The van der Waals surface area contributed by atoms with E-state index in [0.717, 1.165) is 18.9 Å². The fourth-order valence-corrected chi connectivity index (χ4v) is 2.48. The number of amides is 1. The quantitative estimate of drug-likeness (QED) is 0.731. The Bertz CT molecular complexity index is 455. The molecule has 1 amide bonds. The van der Waals surface area contributed by atoms with Crippen LogP contribution in [0, 0.1) is 0 Å². The molecule has 0 radical (unpaired) electrons. The molecule has 1 atom stereocenters. The number of hydrogen-bond donors (Lipinski definition) is 1. The molecule has 1 aromatic rings. The number of halogens is 1. The molecule has 1 saturated heterocycles. The number of ether oxygens (including phenoxy) is 2. The number of methoxy groups -OCH3 is 1. The van der Waals surface area contributed by atoms with E-state index in [1.165, 1.54) is 0 Å². The maximum Gasteiger partial charge on any atom is 0.225 e. The van der Waals surface area contributed by atoms with Crippen LogP contribution in [0.3, 0.4) is 0 Å². The summed E-state index contributed by atoms with van der Waals surface area (Å²) >= 11 is 0. The molecule has 1 N–H and O–H groups in total. The van der Waals surface area contributed by atoms with E-state index in [-0.39, 0.29) is 24.4 Å². The maximum atomic E-state index is 12.4. The van der Waals surface area contributed by atoms with Gasteiger partial charge in [-0.25, -0.2) is 4.98 Å². The van der Waals surface area contributed by atoms with Crippen molar-refractivity contribution in [1.29, 1.82) is 0 Å². The van der Waals surface area contributed by atoms with E-state index in [4.69, 9.17) is 9.47 Å². The molecule has 1 aliphatic rings. The fraction of sp³-hybridized carbons (Fsp3) is 0.714. The number of carbonyl (C=O) groups is 1. The van der Waals surface area contributed by atoms with E-state index in [2.05, 4.69) is 10.3 Å². The Balaban J connectivity index is 0.00000242. The number of hydrogen-bond acceptors (Lipinski definition) is 5. The third-order valence-electron chi connectivity index (χ3n) is 3.61. The topological polar surface area (TPSA) is 68.6 Å². The molecule has 22 heavy (non-hydrogen) atoms. The summed E-state index contributed by atoms with van der Waals surface area (Å²) in [6.45, 7) is 3.76. The van der Waals surface area contributed by atoms with E-state index >= 15 is 0 Å². The van der Waals surface area contributed by atoms with Crippen molar-refractivity contribution in [2.75, 3.05) is 46.6 Å². The highest BCUT2D eigenvalue weighted by molar-refractivity contribution is 5.85. The number of aryl methyl sites for hydroxylation is 1. The van der Waals surface area contributed by atoms with Crippen LogP contribution in [0.2, 0.25) is 0 Å². The minimum atomic E-state index is -0.00905. The average molecular weight is 333 g/mol. The number of nitrogens with zero attached hydrogens (tertiary/aromatic N) is 3. The molecule has 0 aromatic carbocycles. The zero-order valence-corrected chi connectivity index (χ0v) is 14.0. The molecule has 8 heteroatoms. The molecule has 1 unspecified atom stereocenters.